The molecule has 182 valence electrons. The van der Waals surface area contributed by atoms with Gasteiger partial charge in [-0.1, -0.05) is 18.2 Å². The van der Waals surface area contributed by atoms with Crippen LogP contribution in [0.1, 0.15) is 23.6 Å². The molecule has 0 spiro atoms. The fourth-order valence-electron chi connectivity index (χ4n) is 3.17. The summed E-state index contributed by atoms with van der Waals surface area (Å²) in [7, 11) is 0. The van der Waals surface area contributed by atoms with E-state index in [4.69, 9.17) is 0 Å². The molecule has 1 aromatic heterocycles. The topological polar surface area (TPSA) is 130 Å². The van der Waals surface area contributed by atoms with E-state index in [2.05, 4.69) is 36.1 Å². The van der Waals surface area contributed by atoms with E-state index in [0.29, 0.717) is 11.4 Å². The van der Waals surface area contributed by atoms with Gasteiger partial charge >= 0.3 is 0 Å². The molecule has 0 unspecified atom stereocenters. The van der Waals surface area contributed by atoms with Crippen LogP contribution in [0, 0.1) is 29.8 Å². The third-order valence-electron chi connectivity index (χ3n) is 5.32. The molecule has 0 aliphatic heterocycles. The summed E-state index contributed by atoms with van der Waals surface area (Å²) in [5, 5.41) is 21.4. The summed E-state index contributed by atoms with van der Waals surface area (Å²) in [5.74, 6) is 0.278. The molecule has 3 aromatic carbocycles. The number of hydrogen-bond acceptors (Lipinski definition) is 9. The number of aryl methyl sites for hydroxylation is 2. The fourth-order valence-corrected chi connectivity index (χ4v) is 3.17. The molecule has 11 heteroatoms. The first-order chi connectivity index (χ1) is 17.3. The first kappa shape index (κ1) is 24.2. The van der Waals surface area contributed by atoms with Crippen LogP contribution >= 0.6 is 0 Å². The van der Waals surface area contributed by atoms with Crippen molar-refractivity contribution in [3.05, 3.63) is 99.4 Å². The van der Waals surface area contributed by atoms with Crippen molar-refractivity contribution < 1.29 is 9.31 Å². The Morgan fingerprint density at radius 1 is 0.833 bits per heavy atom. The zero-order chi connectivity index (χ0) is 25.7. The molecule has 0 amide bonds. The smallest absolute Gasteiger partial charge is 0.269 e. The number of nitrogens with one attached hydrogen (secondary N) is 3. The maximum atomic E-state index is 13.2. The van der Waals surface area contributed by atoms with Crippen molar-refractivity contribution in [2.75, 3.05) is 16.1 Å². The van der Waals surface area contributed by atoms with Crippen LogP contribution in [0.15, 0.2) is 71.8 Å². The zero-order valence-electron chi connectivity index (χ0n) is 19.8. The summed E-state index contributed by atoms with van der Waals surface area (Å²) < 4.78 is 13.2. The molecule has 0 aliphatic rings. The largest absolute Gasteiger partial charge is 0.324 e. The average Bonchev–Trinajstić information content (AvgIpc) is 2.85. The molecular weight excluding hydrogens is 463 g/mol. The monoisotopic (exact) mass is 486 g/mol. The lowest BCUT2D eigenvalue weighted by Gasteiger charge is -2.11. The number of rotatable bonds is 8. The second-order valence-corrected chi connectivity index (χ2v) is 7.98. The van der Waals surface area contributed by atoms with Gasteiger partial charge < -0.3 is 10.6 Å². The van der Waals surface area contributed by atoms with Crippen LogP contribution in [0.5, 0.6) is 0 Å². The van der Waals surface area contributed by atoms with Crippen LogP contribution in [-0.4, -0.2) is 25.6 Å². The standard InChI is InChI=1S/C25H23FN8O2/c1-15-4-9-21(14-16(15)2)28-24-29-23(27-20-10-12-22(13-11-20)34(35)36)30-25(31-24)33-32-17(3)18-5-7-19(26)8-6-18/h4-14H,1-3H3,(H3,27,28,29,30,31,33). The van der Waals surface area contributed by atoms with Crippen molar-refractivity contribution in [1.82, 2.24) is 15.0 Å². The van der Waals surface area contributed by atoms with Gasteiger partial charge in [0.15, 0.2) is 0 Å². The van der Waals surface area contributed by atoms with Gasteiger partial charge in [0, 0.05) is 23.5 Å². The second kappa shape index (κ2) is 10.6. The highest BCUT2D eigenvalue weighted by Gasteiger charge is 2.10. The summed E-state index contributed by atoms with van der Waals surface area (Å²) in [5.41, 5.74) is 7.74. The Hall–Kier alpha value is -4.93. The number of non-ortho nitro benzene ring substituents is 1. The third kappa shape index (κ3) is 6.14. The third-order valence-corrected chi connectivity index (χ3v) is 5.32. The number of benzene rings is 3. The predicted molar refractivity (Wildman–Crippen MR) is 138 cm³/mol. The number of nitro benzene ring substituents is 1. The van der Waals surface area contributed by atoms with Gasteiger partial charge in [0.2, 0.25) is 17.8 Å². The van der Waals surface area contributed by atoms with Crippen molar-refractivity contribution >= 4 is 40.6 Å². The molecule has 0 radical (unpaired) electrons. The molecular formula is C25H23FN8O2. The highest BCUT2D eigenvalue weighted by Crippen LogP contribution is 2.22. The number of hydrazone groups is 1. The summed E-state index contributed by atoms with van der Waals surface area (Å²) in [6, 6.07) is 17.7. The van der Waals surface area contributed by atoms with Gasteiger partial charge in [-0.15, -0.1) is 0 Å². The lowest BCUT2D eigenvalue weighted by Crippen LogP contribution is -2.08. The maximum absolute atomic E-state index is 13.2. The minimum Gasteiger partial charge on any atom is -0.324 e. The van der Waals surface area contributed by atoms with E-state index in [0.717, 1.165) is 22.4 Å². The van der Waals surface area contributed by atoms with Crippen molar-refractivity contribution in [3.63, 3.8) is 0 Å². The molecule has 3 N–H and O–H groups in total. The van der Waals surface area contributed by atoms with Crippen LogP contribution in [-0.2, 0) is 0 Å². The zero-order valence-corrected chi connectivity index (χ0v) is 19.8. The number of aromatic nitrogens is 3. The Bertz CT molecular complexity index is 1420. The molecule has 0 aliphatic carbocycles. The Morgan fingerprint density at radius 3 is 2.03 bits per heavy atom. The van der Waals surface area contributed by atoms with Crippen molar-refractivity contribution in [2.45, 2.75) is 20.8 Å². The summed E-state index contributed by atoms with van der Waals surface area (Å²) in [6.45, 7) is 5.80. The Morgan fingerprint density at radius 2 is 1.42 bits per heavy atom. The van der Waals surface area contributed by atoms with E-state index in [1.54, 1.807) is 31.2 Å². The van der Waals surface area contributed by atoms with Gasteiger partial charge in [0.05, 0.1) is 10.6 Å². The van der Waals surface area contributed by atoms with Gasteiger partial charge in [-0.25, -0.2) is 9.82 Å². The molecule has 0 atom stereocenters. The Balaban J connectivity index is 1.62. The van der Waals surface area contributed by atoms with E-state index in [9.17, 15) is 14.5 Å². The van der Waals surface area contributed by atoms with Gasteiger partial charge in [0.1, 0.15) is 5.82 Å². The lowest BCUT2D eigenvalue weighted by molar-refractivity contribution is -0.384. The number of nitro groups is 1. The minimum absolute atomic E-state index is 0.0266. The summed E-state index contributed by atoms with van der Waals surface area (Å²) in [6.07, 6.45) is 0. The van der Waals surface area contributed by atoms with Crippen LogP contribution in [0.4, 0.5) is 39.3 Å². The molecule has 10 nitrogen and oxygen atoms in total. The highest BCUT2D eigenvalue weighted by molar-refractivity contribution is 5.98. The molecule has 0 saturated heterocycles. The van der Waals surface area contributed by atoms with Crippen molar-refractivity contribution in [1.29, 1.82) is 0 Å². The van der Waals surface area contributed by atoms with Crippen LogP contribution in [0.25, 0.3) is 0 Å². The van der Waals surface area contributed by atoms with Gasteiger partial charge in [0.25, 0.3) is 5.69 Å². The normalized spacial score (nSPS) is 11.2. The summed E-state index contributed by atoms with van der Waals surface area (Å²) in [4.78, 5) is 23.6. The SMILES string of the molecule is CC(=NNc1nc(Nc2ccc([N+](=O)[O-])cc2)nc(Nc2ccc(C)c(C)c2)n1)c1ccc(F)cc1. The lowest BCUT2D eigenvalue weighted by atomic mass is 10.1. The van der Waals surface area contributed by atoms with Crippen LogP contribution in [0.3, 0.4) is 0 Å². The first-order valence-electron chi connectivity index (χ1n) is 10.9. The van der Waals surface area contributed by atoms with Gasteiger partial charge in [-0.3, -0.25) is 10.1 Å². The van der Waals surface area contributed by atoms with Crippen LogP contribution in [0.2, 0.25) is 0 Å². The van der Waals surface area contributed by atoms with E-state index in [-0.39, 0.29) is 29.3 Å². The molecule has 0 saturated carbocycles. The Labute approximate surface area is 206 Å². The molecule has 0 fully saturated rings. The van der Waals surface area contributed by atoms with Gasteiger partial charge in [-0.2, -0.15) is 20.1 Å². The average molecular weight is 487 g/mol. The number of anilines is 5. The fraction of sp³-hybridized carbons (Fsp3) is 0.120. The Kier molecular flexibility index (Phi) is 7.10. The van der Waals surface area contributed by atoms with Crippen LogP contribution < -0.4 is 16.1 Å². The maximum Gasteiger partial charge on any atom is 0.269 e. The molecule has 4 aromatic rings. The highest BCUT2D eigenvalue weighted by atomic mass is 19.1. The predicted octanol–water partition coefficient (Wildman–Crippen LogP) is 5.86. The number of hydrogen-bond donors (Lipinski definition) is 3. The molecule has 36 heavy (non-hydrogen) atoms. The van der Waals surface area contributed by atoms with E-state index in [1.807, 2.05) is 32.0 Å². The van der Waals surface area contributed by atoms with Crippen molar-refractivity contribution in [3.8, 4) is 0 Å². The van der Waals surface area contributed by atoms with Crippen molar-refractivity contribution in [2.24, 2.45) is 5.10 Å². The van der Waals surface area contributed by atoms with E-state index >= 15 is 0 Å². The second-order valence-electron chi connectivity index (χ2n) is 7.98. The minimum atomic E-state index is -0.470. The van der Waals surface area contributed by atoms with E-state index < -0.39 is 4.92 Å². The molecule has 0 bridgehead atoms. The molecule has 4 rings (SSSR count). The van der Waals surface area contributed by atoms with Gasteiger partial charge in [-0.05, 0) is 73.9 Å². The quantitative estimate of drug-likeness (QED) is 0.160. The number of nitrogens with zero attached hydrogens (tertiary/aromatic N) is 5. The van der Waals surface area contributed by atoms with E-state index in [1.165, 1.54) is 24.3 Å². The first-order valence-corrected chi connectivity index (χ1v) is 10.9. The molecule has 1 heterocycles. The summed E-state index contributed by atoms with van der Waals surface area (Å²) >= 11 is 0. The number of halogens is 1.